The summed E-state index contributed by atoms with van der Waals surface area (Å²) in [5.74, 6) is -0.157. The summed E-state index contributed by atoms with van der Waals surface area (Å²) in [6.45, 7) is 1.74. The summed E-state index contributed by atoms with van der Waals surface area (Å²) in [7, 11) is 0. The third-order valence-corrected chi connectivity index (χ3v) is 4.74. The lowest BCUT2D eigenvalue weighted by Crippen LogP contribution is -2.29. The van der Waals surface area contributed by atoms with Crippen LogP contribution < -0.4 is 11.0 Å². The number of aromatic nitrogens is 3. The zero-order valence-electron chi connectivity index (χ0n) is 15.2. The molecule has 0 unspecified atom stereocenters. The third-order valence-electron chi connectivity index (χ3n) is 4.74. The summed E-state index contributed by atoms with van der Waals surface area (Å²) >= 11 is 0. The molecule has 2 N–H and O–H groups in total. The van der Waals surface area contributed by atoms with Crippen LogP contribution in [-0.2, 0) is 30.7 Å². The summed E-state index contributed by atoms with van der Waals surface area (Å²) in [6.07, 6.45) is 4.49. The SMILES string of the molecule is O=C(CCc1ccc(C(=O)O)cc1)NCCCn1nc2n(c1=O)CCCC2. The molecule has 3 rings (SSSR count). The van der Waals surface area contributed by atoms with Crippen molar-refractivity contribution in [3.05, 3.63) is 51.7 Å². The van der Waals surface area contributed by atoms with Gasteiger partial charge in [-0.25, -0.2) is 14.3 Å². The summed E-state index contributed by atoms with van der Waals surface area (Å²) in [5.41, 5.74) is 1.10. The van der Waals surface area contributed by atoms with Crippen LogP contribution in [-0.4, -0.2) is 37.9 Å². The van der Waals surface area contributed by atoms with E-state index in [9.17, 15) is 14.4 Å². The van der Waals surface area contributed by atoms with Gasteiger partial charge in [0, 0.05) is 32.5 Å². The molecule has 0 saturated heterocycles. The lowest BCUT2D eigenvalue weighted by Gasteiger charge is -2.09. The highest BCUT2D eigenvalue weighted by Gasteiger charge is 2.16. The Hall–Kier alpha value is -2.90. The van der Waals surface area contributed by atoms with Crippen LogP contribution in [0.4, 0.5) is 0 Å². The zero-order chi connectivity index (χ0) is 19.2. The molecule has 8 nitrogen and oxygen atoms in total. The van der Waals surface area contributed by atoms with Crippen LogP contribution in [0.25, 0.3) is 0 Å². The van der Waals surface area contributed by atoms with Gasteiger partial charge in [0.05, 0.1) is 5.56 Å². The maximum absolute atomic E-state index is 12.2. The van der Waals surface area contributed by atoms with Crippen molar-refractivity contribution in [1.82, 2.24) is 19.7 Å². The van der Waals surface area contributed by atoms with E-state index >= 15 is 0 Å². The molecule has 2 aromatic rings. The Morgan fingerprint density at radius 2 is 1.96 bits per heavy atom. The minimum atomic E-state index is -0.961. The standard InChI is InChI=1S/C19H24N4O4/c24-17(10-7-14-5-8-15(9-6-14)18(25)26)20-11-3-13-23-19(27)22-12-2-1-4-16(22)21-23/h5-6,8-9H,1-4,7,10-13H2,(H,20,24)(H,25,26). The molecule has 1 aromatic carbocycles. The van der Waals surface area contributed by atoms with Gasteiger partial charge in [-0.2, -0.15) is 5.10 Å². The Morgan fingerprint density at radius 3 is 2.67 bits per heavy atom. The summed E-state index contributed by atoms with van der Waals surface area (Å²) < 4.78 is 3.24. The fourth-order valence-electron chi connectivity index (χ4n) is 3.21. The minimum Gasteiger partial charge on any atom is -0.478 e. The molecule has 8 heteroatoms. The highest BCUT2D eigenvalue weighted by atomic mass is 16.4. The van der Waals surface area contributed by atoms with E-state index in [2.05, 4.69) is 10.4 Å². The maximum Gasteiger partial charge on any atom is 0.345 e. The molecular formula is C19H24N4O4. The molecule has 27 heavy (non-hydrogen) atoms. The largest absolute Gasteiger partial charge is 0.478 e. The van der Waals surface area contributed by atoms with Crippen LogP contribution in [0, 0.1) is 0 Å². The van der Waals surface area contributed by atoms with E-state index < -0.39 is 5.97 Å². The molecule has 1 aliphatic rings. The lowest BCUT2D eigenvalue weighted by molar-refractivity contribution is -0.121. The van der Waals surface area contributed by atoms with Crippen molar-refractivity contribution in [2.75, 3.05) is 6.54 Å². The molecule has 0 radical (unpaired) electrons. The van der Waals surface area contributed by atoms with Gasteiger partial charge in [0.25, 0.3) is 0 Å². The second-order valence-corrected chi connectivity index (χ2v) is 6.74. The molecule has 0 bridgehead atoms. The fourth-order valence-corrected chi connectivity index (χ4v) is 3.21. The van der Waals surface area contributed by atoms with Gasteiger partial charge in [-0.3, -0.25) is 9.36 Å². The van der Waals surface area contributed by atoms with Crippen LogP contribution in [0.3, 0.4) is 0 Å². The Balaban J connectivity index is 1.38. The second-order valence-electron chi connectivity index (χ2n) is 6.74. The molecule has 1 amide bonds. The fraction of sp³-hybridized carbons (Fsp3) is 0.474. The molecule has 1 aromatic heterocycles. The number of aromatic carboxylic acids is 1. The van der Waals surface area contributed by atoms with Crippen molar-refractivity contribution in [2.24, 2.45) is 0 Å². The van der Waals surface area contributed by atoms with Crippen LogP contribution >= 0.6 is 0 Å². The first kappa shape index (κ1) is 18.9. The topological polar surface area (TPSA) is 106 Å². The van der Waals surface area contributed by atoms with E-state index in [1.165, 1.54) is 16.8 Å². The molecule has 0 fully saturated rings. The number of amides is 1. The van der Waals surface area contributed by atoms with Crippen LogP contribution in [0.2, 0.25) is 0 Å². The molecule has 2 heterocycles. The number of nitrogens with zero attached hydrogens (tertiary/aromatic N) is 3. The van der Waals surface area contributed by atoms with Crippen molar-refractivity contribution in [3.8, 4) is 0 Å². The number of carbonyl (C=O) groups is 2. The zero-order valence-corrected chi connectivity index (χ0v) is 15.2. The van der Waals surface area contributed by atoms with E-state index in [0.717, 1.165) is 37.2 Å². The first-order valence-corrected chi connectivity index (χ1v) is 9.30. The molecule has 144 valence electrons. The number of fused-ring (bicyclic) bond motifs is 1. The van der Waals surface area contributed by atoms with Gasteiger partial charge in [-0.1, -0.05) is 12.1 Å². The van der Waals surface area contributed by atoms with E-state index in [1.54, 1.807) is 16.7 Å². The van der Waals surface area contributed by atoms with Crippen LogP contribution in [0.1, 0.15) is 47.4 Å². The Labute approximate surface area is 156 Å². The predicted octanol–water partition coefficient (Wildman–Crippen LogP) is 1.22. The average Bonchev–Trinajstić information content (AvgIpc) is 3.00. The second kappa shape index (κ2) is 8.66. The minimum absolute atomic E-state index is 0.0548. The van der Waals surface area contributed by atoms with Crippen molar-refractivity contribution >= 4 is 11.9 Å². The molecule has 0 spiro atoms. The predicted molar refractivity (Wildman–Crippen MR) is 98.8 cm³/mol. The van der Waals surface area contributed by atoms with Crippen LogP contribution in [0.15, 0.2) is 29.1 Å². The lowest BCUT2D eigenvalue weighted by atomic mass is 10.1. The Morgan fingerprint density at radius 1 is 1.19 bits per heavy atom. The van der Waals surface area contributed by atoms with Gasteiger partial charge in [0.2, 0.25) is 5.91 Å². The third kappa shape index (κ3) is 4.84. The highest BCUT2D eigenvalue weighted by Crippen LogP contribution is 2.09. The molecular weight excluding hydrogens is 348 g/mol. The smallest absolute Gasteiger partial charge is 0.345 e. The number of carboxylic acid groups (broad SMARTS) is 1. The maximum atomic E-state index is 12.2. The summed E-state index contributed by atoms with van der Waals surface area (Å²) in [4.78, 5) is 35.0. The van der Waals surface area contributed by atoms with Crippen molar-refractivity contribution in [2.45, 2.75) is 51.6 Å². The monoisotopic (exact) mass is 372 g/mol. The number of hydrogen-bond donors (Lipinski definition) is 2. The van der Waals surface area contributed by atoms with Crippen molar-refractivity contribution < 1.29 is 14.7 Å². The normalized spacial score (nSPS) is 13.2. The number of nitrogens with one attached hydrogen (secondary N) is 1. The van der Waals surface area contributed by atoms with Gasteiger partial charge in [0.1, 0.15) is 5.82 Å². The van der Waals surface area contributed by atoms with E-state index in [0.29, 0.717) is 32.4 Å². The van der Waals surface area contributed by atoms with Crippen molar-refractivity contribution in [3.63, 3.8) is 0 Å². The average molecular weight is 372 g/mol. The van der Waals surface area contributed by atoms with E-state index in [-0.39, 0.29) is 17.2 Å². The van der Waals surface area contributed by atoms with Gasteiger partial charge in [0.15, 0.2) is 0 Å². The van der Waals surface area contributed by atoms with E-state index in [4.69, 9.17) is 5.11 Å². The van der Waals surface area contributed by atoms with Crippen LogP contribution in [0.5, 0.6) is 0 Å². The van der Waals surface area contributed by atoms with Gasteiger partial charge >= 0.3 is 11.7 Å². The summed E-state index contributed by atoms with van der Waals surface area (Å²) in [6, 6.07) is 6.53. The van der Waals surface area contributed by atoms with E-state index in [1.807, 2.05) is 0 Å². The molecule has 0 saturated carbocycles. The van der Waals surface area contributed by atoms with Gasteiger partial charge in [-0.05, 0) is 43.4 Å². The molecule has 0 atom stereocenters. The van der Waals surface area contributed by atoms with Crippen molar-refractivity contribution in [1.29, 1.82) is 0 Å². The quantitative estimate of drug-likeness (QED) is 0.678. The summed E-state index contributed by atoms with van der Waals surface area (Å²) in [5, 5.41) is 16.1. The number of carboxylic acids is 1. The first-order valence-electron chi connectivity index (χ1n) is 9.30. The number of carbonyl (C=O) groups excluding carboxylic acids is 1. The number of rotatable bonds is 8. The highest BCUT2D eigenvalue weighted by molar-refractivity contribution is 5.87. The Kier molecular flexibility index (Phi) is 6.05. The number of aryl methyl sites for hydroxylation is 3. The first-order chi connectivity index (χ1) is 13.0. The number of hydrogen-bond acceptors (Lipinski definition) is 4. The Bertz CT molecular complexity index is 867. The molecule has 1 aliphatic heterocycles. The van der Waals surface area contributed by atoms with Gasteiger partial charge in [-0.15, -0.1) is 0 Å². The van der Waals surface area contributed by atoms with Gasteiger partial charge < -0.3 is 10.4 Å². The number of benzene rings is 1. The molecule has 0 aliphatic carbocycles.